The molecule has 0 saturated heterocycles. The Hall–Kier alpha value is -1.84. The molecule has 2 unspecified atom stereocenters. The van der Waals surface area contributed by atoms with Crippen LogP contribution in [0.5, 0.6) is 0 Å². The van der Waals surface area contributed by atoms with Gasteiger partial charge in [0.05, 0.1) is 18.4 Å². The molecule has 2 atom stereocenters. The Labute approximate surface area is 132 Å². The van der Waals surface area contributed by atoms with E-state index in [0.717, 1.165) is 18.4 Å². The molecule has 0 bridgehead atoms. The fraction of sp³-hybridized carbons (Fsp3) is 0.556. The lowest BCUT2D eigenvalue weighted by atomic mass is 9.91. The molecule has 0 spiro atoms. The zero-order valence-corrected chi connectivity index (χ0v) is 14.0. The van der Waals surface area contributed by atoms with Crippen molar-refractivity contribution >= 4 is 11.9 Å². The van der Waals surface area contributed by atoms with Gasteiger partial charge >= 0.3 is 5.97 Å². The lowest BCUT2D eigenvalue weighted by molar-refractivity contribution is -0.145. The van der Waals surface area contributed by atoms with Gasteiger partial charge in [0.2, 0.25) is 5.91 Å². The van der Waals surface area contributed by atoms with E-state index in [1.165, 1.54) is 18.2 Å². The quantitative estimate of drug-likeness (QED) is 0.851. The van der Waals surface area contributed by atoms with Crippen LogP contribution in [-0.2, 0) is 19.7 Å². The molecule has 1 aliphatic rings. The molecule has 0 radical (unpaired) electrons. The van der Waals surface area contributed by atoms with Crippen LogP contribution in [0.3, 0.4) is 0 Å². The van der Waals surface area contributed by atoms with Gasteiger partial charge in [-0.15, -0.1) is 0 Å². The van der Waals surface area contributed by atoms with E-state index in [9.17, 15) is 9.59 Å². The summed E-state index contributed by atoms with van der Waals surface area (Å²) in [5, 5.41) is 3.00. The zero-order chi connectivity index (χ0) is 16.5. The molecular formula is C18H25NO3. The van der Waals surface area contributed by atoms with E-state index in [1.54, 1.807) is 6.92 Å². The van der Waals surface area contributed by atoms with Gasteiger partial charge in [0.15, 0.2) is 0 Å². The third-order valence-electron chi connectivity index (χ3n) is 4.64. The highest BCUT2D eigenvalue weighted by atomic mass is 16.5. The molecule has 22 heavy (non-hydrogen) atoms. The Balaban J connectivity index is 2.13. The molecule has 1 aliphatic carbocycles. The van der Waals surface area contributed by atoms with Gasteiger partial charge in [-0.1, -0.05) is 29.3 Å². The Morgan fingerprint density at radius 2 is 1.68 bits per heavy atom. The summed E-state index contributed by atoms with van der Waals surface area (Å²) in [6.07, 6.45) is 1.72. The highest BCUT2D eigenvalue weighted by Crippen LogP contribution is 2.49. The zero-order valence-electron chi connectivity index (χ0n) is 14.0. The van der Waals surface area contributed by atoms with Crippen molar-refractivity contribution in [3.63, 3.8) is 0 Å². The molecule has 1 amide bonds. The average Bonchev–Trinajstić information content (AvgIpc) is 3.26. The maximum Gasteiger partial charge on any atom is 0.310 e. The number of aryl methyl sites for hydroxylation is 2. The van der Waals surface area contributed by atoms with Crippen molar-refractivity contribution in [2.24, 2.45) is 5.92 Å². The molecule has 0 heterocycles. The topological polar surface area (TPSA) is 55.4 Å². The van der Waals surface area contributed by atoms with Gasteiger partial charge in [-0.05, 0) is 46.1 Å². The predicted molar refractivity (Wildman–Crippen MR) is 85.6 cm³/mol. The third-order valence-corrected chi connectivity index (χ3v) is 4.64. The highest BCUT2D eigenvalue weighted by Gasteiger charge is 2.51. The molecular weight excluding hydrogens is 278 g/mol. The number of rotatable bonds is 5. The summed E-state index contributed by atoms with van der Waals surface area (Å²) in [7, 11) is 1.37. The van der Waals surface area contributed by atoms with Crippen molar-refractivity contribution in [1.29, 1.82) is 0 Å². The standard InChI is InChI=1S/C18H25NO3/c1-11-8-12(2)10-15(9-11)18(6-7-18)17(21)19-14(4)13(3)16(20)22-5/h8-10,13-14H,6-7H2,1-5H3,(H,19,21). The SMILES string of the molecule is COC(=O)C(C)C(C)NC(=O)C1(c2cc(C)cc(C)c2)CC1. The average molecular weight is 303 g/mol. The fourth-order valence-corrected chi connectivity index (χ4v) is 2.88. The second-order valence-corrected chi connectivity index (χ2v) is 6.53. The molecule has 1 aromatic rings. The van der Waals surface area contributed by atoms with E-state index >= 15 is 0 Å². The smallest absolute Gasteiger partial charge is 0.310 e. The summed E-state index contributed by atoms with van der Waals surface area (Å²) < 4.78 is 4.74. The molecule has 1 fully saturated rings. The normalized spacial score (nSPS) is 18.2. The number of nitrogens with one attached hydrogen (secondary N) is 1. The van der Waals surface area contributed by atoms with Crippen LogP contribution in [0, 0.1) is 19.8 Å². The van der Waals surface area contributed by atoms with Gasteiger partial charge in [-0.2, -0.15) is 0 Å². The van der Waals surface area contributed by atoms with Crippen LogP contribution in [0.15, 0.2) is 18.2 Å². The number of carbonyl (C=O) groups is 2. The maximum absolute atomic E-state index is 12.7. The van der Waals surface area contributed by atoms with Crippen LogP contribution in [0.25, 0.3) is 0 Å². The first kappa shape index (κ1) is 16.5. The minimum Gasteiger partial charge on any atom is -0.469 e. The van der Waals surface area contributed by atoms with Gasteiger partial charge in [0.25, 0.3) is 0 Å². The summed E-state index contributed by atoms with van der Waals surface area (Å²) in [6.45, 7) is 7.71. The van der Waals surface area contributed by atoms with Crippen LogP contribution in [-0.4, -0.2) is 25.0 Å². The number of amides is 1. The van der Waals surface area contributed by atoms with E-state index in [1.807, 2.05) is 20.8 Å². The largest absolute Gasteiger partial charge is 0.469 e. The maximum atomic E-state index is 12.7. The van der Waals surface area contributed by atoms with Crippen molar-refractivity contribution in [2.45, 2.75) is 52.0 Å². The van der Waals surface area contributed by atoms with Crippen LogP contribution in [0.4, 0.5) is 0 Å². The Kier molecular flexibility index (Phi) is 4.59. The molecule has 120 valence electrons. The first-order valence-electron chi connectivity index (χ1n) is 7.78. The van der Waals surface area contributed by atoms with Crippen molar-refractivity contribution in [3.8, 4) is 0 Å². The van der Waals surface area contributed by atoms with Crippen molar-refractivity contribution < 1.29 is 14.3 Å². The molecule has 1 aromatic carbocycles. The van der Waals surface area contributed by atoms with Gasteiger partial charge in [-0.25, -0.2) is 0 Å². The van der Waals surface area contributed by atoms with Crippen LogP contribution >= 0.6 is 0 Å². The lowest BCUT2D eigenvalue weighted by Crippen LogP contribution is -2.45. The lowest BCUT2D eigenvalue weighted by Gasteiger charge is -2.23. The second-order valence-electron chi connectivity index (χ2n) is 6.53. The molecule has 1 saturated carbocycles. The minimum atomic E-state index is -0.416. The van der Waals surface area contributed by atoms with E-state index < -0.39 is 5.41 Å². The Morgan fingerprint density at radius 3 is 2.14 bits per heavy atom. The summed E-state index contributed by atoms with van der Waals surface area (Å²) in [5.41, 5.74) is 3.01. The van der Waals surface area contributed by atoms with Crippen LogP contribution in [0.2, 0.25) is 0 Å². The van der Waals surface area contributed by atoms with Crippen LogP contribution in [0.1, 0.15) is 43.4 Å². The fourth-order valence-electron chi connectivity index (χ4n) is 2.88. The van der Waals surface area contributed by atoms with Gasteiger partial charge < -0.3 is 10.1 Å². The number of ether oxygens (including phenoxy) is 1. The molecule has 4 nitrogen and oxygen atoms in total. The molecule has 2 rings (SSSR count). The summed E-state index contributed by atoms with van der Waals surface area (Å²) in [6, 6.07) is 6.05. The number of hydrogen-bond donors (Lipinski definition) is 1. The molecule has 0 aliphatic heterocycles. The van der Waals surface area contributed by atoms with E-state index in [-0.39, 0.29) is 23.8 Å². The first-order chi connectivity index (χ1) is 10.3. The van der Waals surface area contributed by atoms with Crippen molar-refractivity contribution in [1.82, 2.24) is 5.32 Å². The van der Waals surface area contributed by atoms with Gasteiger partial charge in [0.1, 0.15) is 0 Å². The minimum absolute atomic E-state index is 0.0146. The van der Waals surface area contributed by atoms with E-state index in [4.69, 9.17) is 4.74 Å². The van der Waals surface area contributed by atoms with E-state index in [2.05, 4.69) is 23.5 Å². The molecule has 1 N–H and O–H groups in total. The molecule has 0 aromatic heterocycles. The van der Waals surface area contributed by atoms with Crippen molar-refractivity contribution in [2.75, 3.05) is 7.11 Å². The number of carbonyl (C=O) groups excluding carboxylic acids is 2. The Bertz CT molecular complexity index is 570. The Morgan fingerprint density at radius 1 is 1.14 bits per heavy atom. The predicted octanol–water partition coefficient (Wildman–Crippen LogP) is 2.65. The second kappa shape index (κ2) is 6.11. The van der Waals surface area contributed by atoms with Crippen molar-refractivity contribution in [3.05, 3.63) is 34.9 Å². The van der Waals surface area contributed by atoms with Crippen LogP contribution < -0.4 is 5.32 Å². The summed E-state index contributed by atoms with van der Waals surface area (Å²) in [4.78, 5) is 24.3. The molecule has 4 heteroatoms. The number of hydrogen-bond acceptors (Lipinski definition) is 3. The third kappa shape index (κ3) is 3.16. The van der Waals surface area contributed by atoms with Gasteiger partial charge in [-0.3, -0.25) is 9.59 Å². The number of benzene rings is 1. The van der Waals surface area contributed by atoms with E-state index in [0.29, 0.717) is 0 Å². The highest BCUT2D eigenvalue weighted by molar-refractivity contribution is 5.92. The number of esters is 1. The summed E-state index contributed by atoms with van der Waals surface area (Å²) >= 11 is 0. The number of methoxy groups -OCH3 is 1. The van der Waals surface area contributed by atoms with Gasteiger partial charge in [0, 0.05) is 6.04 Å². The first-order valence-corrected chi connectivity index (χ1v) is 7.78. The summed E-state index contributed by atoms with van der Waals surface area (Å²) in [5.74, 6) is -0.645. The monoisotopic (exact) mass is 303 g/mol.